The maximum Gasteiger partial charge on any atom is 0.168 e. The molecule has 0 N–H and O–H groups in total. The molecule has 0 bridgehead atoms. The minimum Gasteiger partial charge on any atom is -0.318 e. The summed E-state index contributed by atoms with van der Waals surface area (Å²) in [6.07, 6.45) is 2.34. The van der Waals surface area contributed by atoms with Gasteiger partial charge in [-0.2, -0.15) is 0 Å². The Morgan fingerprint density at radius 1 is 1.30 bits per heavy atom. The Morgan fingerprint density at radius 2 is 2.25 bits per heavy atom. The van der Waals surface area contributed by atoms with Crippen LogP contribution in [0.4, 0.5) is 0 Å². The maximum absolute atomic E-state index is 4.64. The number of hydrogen-bond acceptors (Lipinski definition) is 4. The van der Waals surface area contributed by atoms with Crippen molar-refractivity contribution < 1.29 is 0 Å². The average molecular weight is 300 g/mol. The predicted octanol–water partition coefficient (Wildman–Crippen LogP) is 4.79. The average Bonchev–Trinajstić information content (AvgIpc) is 3.12. The molecular weight excluding hydrogens is 284 g/mol. The predicted molar refractivity (Wildman–Crippen MR) is 90.3 cm³/mol. The Hall–Kier alpha value is -1.26. The summed E-state index contributed by atoms with van der Waals surface area (Å²) in [4.78, 5) is 8.55. The van der Waals surface area contributed by atoms with E-state index < -0.39 is 0 Å². The van der Waals surface area contributed by atoms with E-state index in [2.05, 4.69) is 46.5 Å². The van der Waals surface area contributed by atoms with Gasteiger partial charge in [-0.05, 0) is 23.9 Å². The molecule has 0 radical (unpaired) electrons. The zero-order valence-corrected chi connectivity index (χ0v) is 13.1. The van der Waals surface area contributed by atoms with Crippen molar-refractivity contribution >= 4 is 44.0 Å². The van der Waals surface area contributed by atoms with Gasteiger partial charge in [0.25, 0.3) is 0 Å². The summed E-state index contributed by atoms with van der Waals surface area (Å²) < 4.78 is 1.38. The molecule has 0 atom stereocenters. The largest absolute Gasteiger partial charge is 0.318 e. The van der Waals surface area contributed by atoms with E-state index in [1.165, 1.54) is 37.8 Å². The van der Waals surface area contributed by atoms with E-state index in [1.54, 1.807) is 0 Å². The molecule has 2 aliphatic rings. The third-order valence-corrected chi connectivity index (χ3v) is 5.84. The Kier molecular flexibility index (Phi) is 3.08. The van der Waals surface area contributed by atoms with Gasteiger partial charge in [0.05, 0.1) is 12.2 Å². The highest BCUT2D eigenvalue weighted by Crippen LogP contribution is 2.45. The van der Waals surface area contributed by atoms with Crippen molar-refractivity contribution in [3.8, 4) is 0 Å². The topological polar surface area (TPSA) is 15.6 Å². The fraction of sp³-hybridized carbons (Fsp3) is 0.312. The Morgan fingerprint density at radius 3 is 3.15 bits per heavy atom. The van der Waals surface area contributed by atoms with E-state index in [4.69, 9.17) is 0 Å². The van der Waals surface area contributed by atoms with Crippen LogP contribution in [-0.2, 0) is 0 Å². The first-order valence-electron chi connectivity index (χ1n) is 7.08. The van der Waals surface area contributed by atoms with Gasteiger partial charge in [0.15, 0.2) is 5.17 Å². The van der Waals surface area contributed by atoms with Gasteiger partial charge in [-0.3, -0.25) is 4.99 Å². The van der Waals surface area contributed by atoms with Crippen LogP contribution in [0.15, 0.2) is 39.5 Å². The van der Waals surface area contributed by atoms with Crippen LogP contribution in [0.5, 0.6) is 0 Å². The van der Waals surface area contributed by atoms with Gasteiger partial charge >= 0.3 is 0 Å². The molecule has 1 aromatic carbocycles. The highest BCUT2D eigenvalue weighted by molar-refractivity contribution is 8.17. The van der Waals surface area contributed by atoms with Gasteiger partial charge in [-0.1, -0.05) is 37.2 Å². The summed E-state index contributed by atoms with van der Waals surface area (Å²) in [5.41, 5.74) is 2.80. The van der Waals surface area contributed by atoms with Crippen LogP contribution in [0.25, 0.3) is 15.8 Å². The van der Waals surface area contributed by atoms with Crippen LogP contribution >= 0.6 is 23.1 Å². The molecule has 0 saturated heterocycles. The number of thiophene rings is 1. The van der Waals surface area contributed by atoms with E-state index in [1.807, 2.05) is 23.1 Å². The third-order valence-electron chi connectivity index (χ3n) is 3.78. The summed E-state index contributed by atoms with van der Waals surface area (Å²) in [5.74, 6) is 0. The first-order valence-corrected chi connectivity index (χ1v) is 8.77. The summed E-state index contributed by atoms with van der Waals surface area (Å²) in [7, 11) is 0. The Bertz CT molecular complexity index is 727. The molecule has 4 rings (SSSR count). The van der Waals surface area contributed by atoms with Crippen molar-refractivity contribution in [1.29, 1.82) is 0 Å². The Balaban J connectivity index is 1.91. The summed E-state index contributed by atoms with van der Waals surface area (Å²) in [5, 5.41) is 4.78. The minimum absolute atomic E-state index is 0.935. The fourth-order valence-corrected chi connectivity index (χ4v) is 5.03. The highest BCUT2D eigenvalue weighted by atomic mass is 32.2. The lowest BCUT2D eigenvalue weighted by molar-refractivity contribution is 0.646. The zero-order valence-electron chi connectivity index (χ0n) is 11.4. The van der Waals surface area contributed by atoms with Crippen molar-refractivity contribution in [2.45, 2.75) is 19.8 Å². The van der Waals surface area contributed by atoms with E-state index in [-0.39, 0.29) is 0 Å². The number of amidine groups is 1. The van der Waals surface area contributed by atoms with Crippen molar-refractivity contribution in [3.05, 3.63) is 40.1 Å². The second-order valence-corrected chi connectivity index (χ2v) is 7.09. The van der Waals surface area contributed by atoms with Gasteiger partial charge in [-0.15, -0.1) is 11.3 Å². The van der Waals surface area contributed by atoms with E-state index >= 15 is 0 Å². The second-order valence-electron chi connectivity index (χ2n) is 5.08. The van der Waals surface area contributed by atoms with Crippen LogP contribution in [0, 0.1) is 0 Å². The summed E-state index contributed by atoms with van der Waals surface area (Å²) >= 11 is 3.70. The van der Waals surface area contributed by atoms with Crippen molar-refractivity contribution in [2.24, 2.45) is 4.99 Å². The third kappa shape index (κ3) is 1.82. The number of aliphatic imine (C=N–C) groups is 1. The molecule has 2 aliphatic heterocycles. The molecule has 1 aromatic heterocycles. The molecule has 2 aromatic rings. The second kappa shape index (κ2) is 4.93. The van der Waals surface area contributed by atoms with Crippen molar-refractivity contribution in [3.63, 3.8) is 0 Å². The molecule has 3 heterocycles. The fourth-order valence-electron chi connectivity index (χ4n) is 2.92. The first kappa shape index (κ1) is 12.5. The van der Waals surface area contributed by atoms with Crippen LogP contribution in [0.2, 0.25) is 0 Å². The molecule has 2 nitrogen and oxygen atoms in total. The summed E-state index contributed by atoms with van der Waals surface area (Å²) in [6.45, 7) is 4.22. The standard InChI is InChI=1S/C16H16N2S2/c1-2-4-14-15(18-9-8-17-16(18)20-14)12-5-3-6-13-11(12)7-10-19-13/h3,5-7,10H,2,4,8-9H2,1H3. The first-order chi connectivity index (χ1) is 9.88. The van der Waals surface area contributed by atoms with Gasteiger partial charge in [0.2, 0.25) is 0 Å². The molecule has 0 unspecified atom stereocenters. The number of rotatable bonds is 3. The number of allylic oxidation sites excluding steroid dienone is 1. The lowest BCUT2D eigenvalue weighted by Gasteiger charge is -2.18. The molecule has 4 heteroatoms. The molecule has 0 fully saturated rings. The quantitative estimate of drug-likeness (QED) is 0.810. The van der Waals surface area contributed by atoms with E-state index in [0.717, 1.165) is 19.5 Å². The minimum atomic E-state index is 0.935. The van der Waals surface area contributed by atoms with Crippen LogP contribution < -0.4 is 0 Å². The monoisotopic (exact) mass is 300 g/mol. The van der Waals surface area contributed by atoms with Crippen LogP contribution in [0.1, 0.15) is 25.3 Å². The molecular formula is C16H16N2S2. The lowest BCUT2D eigenvalue weighted by atomic mass is 10.0. The molecule has 0 spiro atoms. The Labute approximate surface area is 127 Å². The summed E-state index contributed by atoms with van der Waals surface area (Å²) in [6, 6.07) is 8.91. The van der Waals surface area contributed by atoms with Crippen molar-refractivity contribution in [2.75, 3.05) is 13.1 Å². The lowest BCUT2D eigenvalue weighted by Crippen LogP contribution is -2.20. The molecule has 0 aliphatic carbocycles. The SMILES string of the molecule is CCCC1=C(c2cccc3sccc23)N2CCN=C2S1. The van der Waals surface area contributed by atoms with E-state index in [9.17, 15) is 0 Å². The normalized spacial score (nSPS) is 18.1. The van der Waals surface area contributed by atoms with E-state index in [0.29, 0.717) is 0 Å². The number of fused-ring (bicyclic) bond motifs is 2. The number of nitrogens with zero attached hydrogens (tertiary/aromatic N) is 2. The van der Waals surface area contributed by atoms with Gasteiger partial charge in [0, 0.05) is 27.1 Å². The zero-order chi connectivity index (χ0) is 13.5. The van der Waals surface area contributed by atoms with Gasteiger partial charge in [-0.25, -0.2) is 0 Å². The molecule has 20 heavy (non-hydrogen) atoms. The highest BCUT2D eigenvalue weighted by Gasteiger charge is 2.33. The molecule has 0 saturated carbocycles. The number of hydrogen-bond donors (Lipinski definition) is 0. The smallest absolute Gasteiger partial charge is 0.168 e. The van der Waals surface area contributed by atoms with Crippen LogP contribution in [-0.4, -0.2) is 23.2 Å². The van der Waals surface area contributed by atoms with Crippen LogP contribution in [0.3, 0.4) is 0 Å². The van der Waals surface area contributed by atoms with Gasteiger partial charge in [0.1, 0.15) is 0 Å². The number of benzene rings is 1. The maximum atomic E-state index is 4.64. The van der Waals surface area contributed by atoms with Crippen molar-refractivity contribution in [1.82, 2.24) is 4.90 Å². The molecule has 102 valence electrons. The van der Waals surface area contributed by atoms with Gasteiger partial charge < -0.3 is 4.90 Å². The molecule has 0 amide bonds. The number of thioether (sulfide) groups is 1.